The van der Waals surface area contributed by atoms with Crippen LogP contribution in [0.15, 0.2) is 24.3 Å². The highest BCUT2D eigenvalue weighted by atomic mass is 19.4. The van der Waals surface area contributed by atoms with Gasteiger partial charge in [-0.25, -0.2) is 0 Å². The molecule has 5 nitrogen and oxygen atoms in total. The van der Waals surface area contributed by atoms with Crippen LogP contribution in [0.2, 0.25) is 0 Å². The van der Waals surface area contributed by atoms with Gasteiger partial charge in [0.15, 0.2) is 0 Å². The average molecular weight is 330 g/mol. The number of benzene rings is 1. The van der Waals surface area contributed by atoms with Gasteiger partial charge in [0, 0.05) is 12.1 Å². The van der Waals surface area contributed by atoms with E-state index in [1.807, 2.05) is 0 Å². The van der Waals surface area contributed by atoms with Crippen LogP contribution in [0.3, 0.4) is 0 Å². The second-order valence-corrected chi connectivity index (χ2v) is 5.61. The summed E-state index contributed by atoms with van der Waals surface area (Å²) in [4.78, 5) is 23.3. The molecule has 2 rings (SSSR count). The lowest BCUT2D eigenvalue weighted by atomic mass is 9.80. The summed E-state index contributed by atoms with van der Waals surface area (Å²) in [5, 5.41) is 14.6. The normalized spacial score (nSPS) is 16.3. The Labute approximate surface area is 130 Å². The van der Waals surface area contributed by atoms with Gasteiger partial charge >= 0.3 is 6.18 Å². The lowest BCUT2D eigenvalue weighted by molar-refractivity contribution is -0.137. The number of amides is 2. The maximum atomic E-state index is 12.4. The van der Waals surface area contributed by atoms with E-state index in [2.05, 4.69) is 10.6 Å². The van der Waals surface area contributed by atoms with Gasteiger partial charge in [-0.15, -0.1) is 0 Å². The van der Waals surface area contributed by atoms with E-state index in [1.165, 1.54) is 0 Å². The Morgan fingerprint density at radius 1 is 1.13 bits per heavy atom. The molecule has 0 unspecified atom stereocenters. The molecule has 1 fully saturated rings. The van der Waals surface area contributed by atoms with Crippen molar-refractivity contribution in [3.63, 3.8) is 0 Å². The van der Waals surface area contributed by atoms with Gasteiger partial charge in [0.2, 0.25) is 5.91 Å². The van der Waals surface area contributed by atoms with E-state index in [4.69, 9.17) is 0 Å². The molecule has 1 aromatic rings. The number of halogens is 3. The van der Waals surface area contributed by atoms with Crippen LogP contribution in [0.4, 0.5) is 13.2 Å². The Hall–Kier alpha value is -2.09. The molecule has 0 aromatic heterocycles. The first-order chi connectivity index (χ1) is 10.7. The summed E-state index contributed by atoms with van der Waals surface area (Å²) in [6, 6.07) is 3.71. The number of alkyl halides is 3. The van der Waals surface area contributed by atoms with Gasteiger partial charge in [0.1, 0.15) is 0 Å². The predicted octanol–water partition coefficient (Wildman–Crippen LogP) is 1.47. The van der Waals surface area contributed by atoms with Crippen molar-refractivity contribution in [2.24, 2.45) is 0 Å². The molecule has 1 aliphatic carbocycles. The van der Waals surface area contributed by atoms with Crippen LogP contribution in [0.1, 0.15) is 35.2 Å². The van der Waals surface area contributed by atoms with Crippen molar-refractivity contribution in [1.82, 2.24) is 10.6 Å². The van der Waals surface area contributed by atoms with Crippen LogP contribution in [0.5, 0.6) is 0 Å². The monoisotopic (exact) mass is 330 g/mol. The van der Waals surface area contributed by atoms with Crippen LogP contribution in [0.25, 0.3) is 0 Å². The largest absolute Gasteiger partial charge is 0.416 e. The molecular weight excluding hydrogens is 313 g/mol. The van der Waals surface area contributed by atoms with Gasteiger partial charge in [0.25, 0.3) is 5.91 Å². The number of carbonyl (C=O) groups is 2. The van der Waals surface area contributed by atoms with Crippen molar-refractivity contribution in [1.29, 1.82) is 0 Å². The summed E-state index contributed by atoms with van der Waals surface area (Å²) in [6.45, 7) is -0.183. The summed E-state index contributed by atoms with van der Waals surface area (Å²) < 4.78 is 37.2. The van der Waals surface area contributed by atoms with Crippen LogP contribution in [0, 0.1) is 0 Å². The molecule has 1 saturated carbocycles. The Kier molecular flexibility index (Phi) is 4.93. The molecule has 3 N–H and O–H groups in total. The third-order valence-corrected chi connectivity index (χ3v) is 3.78. The first kappa shape index (κ1) is 17.3. The molecular formula is C15H17F3N2O3. The lowest BCUT2D eigenvalue weighted by Crippen LogP contribution is -2.49. The zero-order valence-electron chi connectivity index (χ0n) is 12.2. The van der Waals surface area contributed by atoms with E-state index >= 15 is 0 Å². The first-order valence-corrected chi connectivity index (χ1v) is 7.14. The standard InChI is InChI=1S/C15H17F3N2O3/c16-15(17,18)11-4-2-10(3-5-11)13(22)19-8-12(21)20-9-14(23)6-1-7-14/h2-5,23H,1,6-9H2,(H,19,22)(H,20,21). The molecule has 0 atom stereocenters. The predicted molar refractivity (Wildman–Crippen MR) is 75.6 cm³/mol. The fraction of sp³-hybridized carbons (Fsp3) is 0.467. The van der Waals surface area contributed by atoms with Gasteiger partial charge in [-0.1, -0.05) is 0 Å². The van der Waals surface area contributed by atoms with Gasteiger partial charge in [0.05, 0.1) is 17.7 Å². The fourth-order valence-corrected chi connectivity index (χ4v) is 2.16. The third-order valence-electron chi connectivity index (χ3n) is 3.78. The Bertz CT molecular complexity index is 581. The number of hydrogen-bond donors (Lipinski definition) is 3. The summed E-state index contributed by atoms with van der Waals surface area (Å²) >= 11 is 0. The second-order valence-electron chi connectivity index (χ2n) is 5.61. The Morgan fingerprint density at radius 2 is 1.74 bits per heavy atom. The molecule has 0 radical (unpaired) electrons. The lowest BCUT2D eigenvalue weighted by Gasteiger charge is -2.36. The summed E-state index contributed by atoms with van der Waals surface area (Å²) in [6.07, 6.45) is -2.29. The van der Waals surface area contributed by atoms with Crippen LogP contribution >= 0.6 is 0 Å². The van der Waals surface area contributed by atoms with E-state index in [1.54, 1.807) is 0 Å². The van der Waals surface area contributed by atoms with Crippen LogP contribution in [-0.4, -0.2) is 35.6 Å². The van der Waals surface area contributed by atoms with Crippen molar-refractivity contribution in [2.45, 2.75) is 31.0 Å². The maximum absolute atomic E-state index is 12.4. The smallest absolute Gasteiger partial charge is 0.388 e. The number of hydrogen-bond acceptors (Lipinski definition) is 3. The molecule has 23 heavy (non-hydrogen) atoms. The topological polar surface area (TPSA) is 78.4 Å². The summed E-state index contributed by atoms with van der Waals surface area (Å²) in [5.41, 5.74) is -1.67. The Balaban J connectivity index is 1.79. The highest BCUT2D eigenvalue weighted by Crippen LogP contribution is 2.30. The molecule has 1 aliphatic rings. The van der Waals surface area contributed by atoms with Gasteiger partial charge in [-0.2, -0.15) is 13.2 Å². The minimum Gasteiger partial charge on any atom is -0.388 e. The zero-order valence-corrected chi connectivity index (χ0v) is 12.2. The summed E-state index contributed by atoms with van der Waals surface area (Å²) in [7, 11) is 0. The molecule has 0 aliphatic heterocycles. The van der Waals surface area contributed by atoms with Gasteiger partial charge in [-0.05, 0) is 43.5 Å². The first-order valence-electron chi connectivity index (χ1n) is 7.14. The van der Waals surface area contributed by atoms with Crippen molar-refractivity contribution in [3.8, 4) is 0 Å². The number of rotatable bonds is 5. The molecule has 0 spiro atoms. The quantitative estimate of drug-likeness (QED) is 0.765. The van der Waals surface area contributed by atoms with Crippen molar-refractivity contribution >= 4 is 11.8 Å². The number of carbonyl (C=O) groups excluding carboxylic acids is 2. The van der Waals surface area contributed by atoms with Crippen molar-refractivity contribution < 1.29 is 27.9 Å². The molecule has 0 saturated heterocycles. The van der Waals surface area contributed by atoms with E-state index < -0.39 is 29.2 Å². The van der Waals surface area contributed by atoms with E-state index in [-0.39, 0.29) is 18.7 Å². The average Bonchev–Trinajstić information content (AvgIpc) is 2.48. The van der Waals surface area contributed by atoms with Crippen LogP contribution < -0.4 is 10.6 Å². The zero-order chi connectivity index (χ0) is 17.1. The van der Waals surface area contributed by atoms with E-state index in [0.717, 1.165) is 30.7 Å². The molecule has 0 bridgehead atoms. The molecule has 0 heterocycles. The number of nitrogens with one attached hydrogen (secondary N) is 2. The SMILES string of the molecule is O=C(CNC(=O)c1ccc(C(F)(F)F)cc1)NCC1(O)CCC1. The molecule has 2 amide bonds. The highest BCUT2D eigenvalue weighted by molar-refractivity contribution is 5.96. The molecule has 1 aromatic carbocycles. The van der Waals surface area contributed by atoms with Crippen molar-refractivity contribution in [2.75, 3.05) is 13.1 Å². The minimum atomic E-state index is -4.46. The van der Waals surface area contributed by atoms with Crippen molar-refractivity contribution in [3.05, 3.63) is 35.4 Å². The second kappa shape index (κ2) is 6.57. The fourth-order valence-electron chi connectivity index (χ4n) is 2.16. The maximum Gasteiger partial charge on any atom is 0.416 e. The molecule has 126 valence electrons. The van der Waals surface area contributed by atoms with Crippen LogP contribution in [-0.2, 0) is 11.0 Å². The Morgan fingerprint density at radius 3 is 2.22 bits per heavy atom. The third kappa shape index (κ3) is 4.69. The minimum absolute atomic E-state index is 0.0309. The van der Waals surface area contributed by atoms with Gasteiger partial charge < -0.3 is 15.7 Å². The van der Waals surface area contributed by atoms with Gasteiger partial charge in [-0.3, -0.25) is 9.59 Å². The van der Waals surface area contributed by atoms with E-state index in [9.17, 15) is 27.9 Å². The highest BCUT2D eigenvalue weighted by Gasteiger charge is 2.34. The summed E-state index contributed by atoms with van der Waals surface area (Å²) in [5.74, 6) is -1.11. The molecule has 8 heteroatoms. The number of aliphatic hydroxyl groups is 1. The van der Waals surface area contributed by atoms with E-state index in [0.29, 0.717) is 12.8 Å².